The van der Waals surface area contributed by atoms with E-state index in [2.05, 4.69) is 15.2 Å². The molecule has 3 aromatic rings. The summed E-state index contributed by atoms with van der Waals surface area (Å²) in [6, 6.07) is 3.67. The van der Waals surface area contributed by atoms with Crippen LogP contribution in [0, 0.1) is 13.8 Å². The lowest BCUT2D eigenvalue weighted by Crippen LogP contribution is -2.27. The molecule has 0 N–H and O–H groups in total. The van der Waals surface area contributed by atoms with Crippen LogP contribution in [0.4, 0.5) is 5.69 Å². The van der Waals surface area contributed by atoms with Crippen molar-refractivity contribution in [3.8, 4) is 5.69 Å². The molecule has 3 aromatic heterocycles. The zero-order valence-electron chi connectivity index (χ0n) is 13.9. The summed E-state index contributed by atoms with van der Waals surface area (Å²) in [7, 11) is 3.48. The Morgan fingerprint density at radius 3 is 2.62 bits per heavy atom. The van der Waals surface area contributed by atoms with E-state index < -0.39 is 0 Å². The fourth-order valence-corrected chi connectivity index (χ4v) is 2.81. The summed E-state index contributed by atoms with van der Waals surface area (Å²) < 4.78 is 3.29. The first-order valence-corrected chi connectivity index (χ1v) is 7.71. The average Bonchev–Trinajstić information content (AvgIpc) is 3.07. The standard InChI is InChI=1S/C16H17ClN6O/c1-10-14(11(2)22(4)19-10)16(24)21(3)13-9-23(20-15(13)17)12-6-5-7-18-8-12/h5-9H,1-4H3. The molecule has 0 spiro atoms. The van der Waals surface area contributed by atoms with Crippen LogP contribution in [0.15, 0.2) is 30.7 Å². The van der Waals surface area contributed by atoms with E-state index in [9.17, 15) is 4.79 Å². The first-order valence-electron chi connectivity index (χ1n) is 7.34. The Balaban J connectivity index is 1.97. The van der Waals surface area contributed by atoms with Crippen molar-refractivity contribution in [2.24, 2.45) is 7.05 Å². The van der Waals surface area contributed by atoms with Gasteiger partial charge in [-0.2, -0.15) is 10.2 Å². The SMILES string of the molecule is Cc1nn(C)c(C)c1C(=O)N(C)c1cn(-c2cccnc2)nc1Cl. The molecule has 0 aliphatic rings. The Labute approximate surface area is 144 Å². The Bertz CT molecular complexity index is 899. The largest absolute Gasteiger partial charge is 0.307 e. The van der Waals surface area contributed by atoms with Crippen LogP contribution < -0.4 is 4.90 Å². The summed E-state index contributed by atoms with van der Waals surface area (Å²) in [4.78, 5) is 18.4. The lowest BCUT2D eigenvalue weighted by Gasteiger charge is -2.15. The van der Waals surface area contributed by atoms with E-state index >= 15 is 0 Å². The number of aryl methyl sites for hydroxylation is 2. The molecule has 0 aromatic carbocycles. The third-order valence-electron chi connectivity index (χ3n) is 3.95. The van der Waals surface area contributed by atoms with E-state index in [0.717, 1.165) is 11.4 Å². The number of pyridine rings is 1. The van der Waals surface area contributed by atoms with E-state index in [1.54, 1.807) is 35.0 Å². The zero-order valence-corrected chi connectivity index (χ0v) is 14.6. The smallest absolute Gasteiger partial charge is 0.261 e. The number of nitrogens with zero attached hydrogens (tertiary/aromatic N) is 6. The number of hydrogen-bond acceptors (Lipinski definition) is 4. The fraction of sp³-hybridized carbons (Fsp3) is 0.250. The van der Waals surface area contributed by atoms with Crippen molar-refractivity contribution in [1.29, 1.82) is 0 Å². The average molecular weight is 345 g/mol. The molecule has 7 nitrogen and oxygen atoms in total. The van der Waals surface area contributed by atoms with Gasteiger partial charge in [0.25, 0.3) is 5.91 Å². The minimum Gasteiger partial charge on any atom is -0.307 e. The van der Waals surface area contributed by atoms with E-state index in [0.29, 0.717) is 16.9 Å². The second-order valence-corrected chi connectivity index (χ2v) is 5.85. The molecular formula is C16H17ClN6O. The molecule has 0 saturated carbocycles. The summed E-state index contributed by atoms with van der Waals surface area (Å²) in [5.74, 6) is -0.175. The van der Waals surface area contributed by atoms with E-state index in [4.69, 9.17) is 11.6 Å². The zero-order chi connectivity index (χ0) is 17.4. The third kappa shape index (κ3) is 2.67. The molecule has 24 heavy (non-hydrogen) atoms. The molecule has 0 aliphatic heterocycles. The second-order valence-electron chi connectivity index (χ2n) is 5.49. The Morgan fingerprint density at radius 2 is 2.04 bits per heavy atom. The van der Waals surface area contributed by atoms with E-state index in [1.165, 1.54) is 4.90 Å². The van der Waals surface area contributed by atoms with Crippen LogP contribution in [0.3, 0.4) is 0 Å². The summed E-state index contributed by atoms with van der Waals surface area (Å²) >= 11 is 6.24. The highest BCUT2D eigenvalue weighted by molar-refractivity contribution is 6.32. The quantitative estimate of drug-likeness (QED) is 0.732. The number of carbonyl (C=O) groups excluding carboxylic acids is 1. The molecule has 1 amide bonds. The third-order valence-corrected chi connectivity index (χ3v) is 4.22. The highest BCUT2D eigenvalue weighted by atomic mass is 35.5. The van der Waals surface area contributed by atoms with Gasteiger partial charge in [-0.25, -0.2) is 4.68 Å². The minimum absolute atomic E-state index is 0.175. The van der Waals surface area contributed by atoms with Gasteiger partial charge in [0.15, 0.2) is 5.15 Å². The maximum Gasteiger partial charge on any atom is 0.261 e. The molecule has 124 valence electrons. The molecule has 0 atom stereocenters. The summed E-state index contributed by atoms with van der Waals surface area (Å²) in [5, 5.41) is 8.79. The summed E-state index contributed by atoms with van der Waals surface area (Å²) in [6.45, 7) is 3.68. The van der Waals surface area contributed by atoms with E-state index in [1.807, 2.05) is 33.0 Å². The van der Waals surface area contributed by atoms with Crippen LogP contribution in [0.2, 0.25) is 5.15 Å². The number of halogens is 1. The molecule has 0 fully saturated rings. The Hall–Kier alpha value is -2.67. The van der Waals surface area contributed by atoms with Crippen LogP contribution >= 0.6 is 11.6 Å². The molecule has 0 bridgehead atoms. The van der Waals surface area contributed by atoms with Gasteiger partial charge in [0.2, 0.25) is 0 Å². The van der Waals surface area contributed by atoms with Gasteiger partial charge in [-0.15, -0.1) is 0 Å². The highest BCUT2D eigenvalue weighted by Gasteiger charge is 2.24. The lowest BCUT2D eigenvalue weighted by atomic mass is 10.1. The molecule has 0 unspecified atom stereocenters. The van der Waals surface area contributed by atoms with Crippen LogP contribution in [0.25, 0.3) is 5.69 Å². The molecular weight excluding hydrogens is 328 g/mol. The Morgan fingerprint density at radius 1 is 1.29 bits per heavy atom. The maximum atomic E-state index is 12.9. The van der Waals surface area contributed by atoms with Crippen molar-refractivity contribution in [3.63, 3.8) is 0 Å². The number of amides is 1. The van der Waals surface area contributed by atoms with Gasteiger partial charge in [-0.05, 0) is 26.0 Å². The van der Waals surface area contributed by atoms with Gasteiger partial charge in [0.05, 0.1) is 29.3 Å². The molecule has 0 saturated heterocycles. The van der Waals surface area contributed by atoms with Crippen LogP contribution in [0.5, 0.6) is 0 Å². The van der Waals surface area contributed by atoms with Gasteiger partial charge in [-0.3, -0.25) is 14.5 Å². The first kappa shape index (κ1) is 16.2. The van der Waals surface area contributed by atoms with Crippen molar-refractivity contribution >= 4 is 23.2 Å². The van der Waals surface area contributed by atoms with Gasteiger partial charge in [0, 0.05) is 26.0 Å². The fourth-order valence-electron chi connectivity index (χ4n) is 2.55. The second kappa shape index (κ2) is 6.09. The van der Waals surface area contributed by atoms with Crippen molar-refractivity contribution in [3.05, 3.63) is 52.8 Å². The minimum atomic E-state index is -0.175. The number of anilines is 1. The van der Waals surface area contributed by atoms with Crippen LogP contribution in [-0.4, -0.2) is 37.5 Å². The highest BCUT2D eigenvalue weighted by Crippen LogP contribution is 2.27. The van der Waals surface area contributed by atoms with Crippen molar-refractivity contribution in [1.82, 2.24) is 24.5 Å². The van der Waals surface area contributed by atoms with Gasteiger partial charge in [0.1, 0.15) is 5.69 Å². The molecule has 0 radical (unpaired) electrons. The number of aromatic nitrogens is 5. The lowest BCUT2D eigenvalue weighted by molar-refractivity contribution is 0.0991. The van der Waals surface area contributed by atoms with Crippen molar-refractivity contribution in [2.75, 3.05) is 11.9 Å². The maximum absolute atomic E-state index is 12.9. The molecule has 0 aliphatic carbocycles. The summed E-state index contributed by atoms with van der Waals surface area (Å²) in [6.07, 6.45) is 5.06. The van der Waals surface area contributed by atoms with Gasteiger partial charge in [-0.1, -0.05) is 11.6 Å². The summed E-state index contributed by atoms with van der Waals surface area (Å²) in [5.41, 5.74) is 3.35. The Kier molecular flexibility index (Phi) is 4.11. The molecule has 8 heteroatoms. The molecule has 3 rings (SSSR count). The predicted molar refractivity (Wildman–Crippen MR) is 91.8 cm³/mol. The van der Waals surface area contributed by atoms with Crippen molar-refractivity contribution < 1.29 is 4.79 Å². The normalized spacial score (nSPS) is 10.9. The van der Waals surface area contributed by atoms with Crippen molar-refractivity contribution in [2.45, 2.75) is 13.8 Å². The monoisotopic (exact) mass is 344 g/mol. The molecule has 3 heterocycles. The predicted octanol–water partition coefficient (Wildman–Crippen LogP) is 2.55. The number of hydrogen-bond donors (Lipinski definition) is 0. The number of rotatable bonds is 3. The number of carbonyl (C=O) groups is 1. The van der Waals surface area contributed by atoms with Gasteiger partial charge >= 0.3 is 0 Å². The van der Waals surface area contributed by atoms with Crippen LogP contribution in [-0.2, 0) is 7.05 Å². The van der Waals surface area contributed by atoms with Crippen LogP contribution in [0.1, 0.15) is 21.7 Å². The van der Waals surface area contributed by atoms with E-state index in [-0.39, 0.29) is 11.1 Å². The first-order chi connectivity index (χ1) is 11.4. The topological polar surface area (TPSA) is 68.8 Å². The van der Waals surface area contributed by atoms with Gasteiger partial charge < -0.3 is 4.90 Å².